The molecule has 0 aliphatic heterocycles. The van der Waals surface area contributed by atoms with Crippen LogP contribution in [0, 0.1) is 0 Å². The summed E-state index contributed by atoms with van der Waals surface area (Å²) in [5.74, 6) is -0.864. The molecule has 0 aliphatic rings. The Kier molecular flexibility index (Phi) is 5.47. The molecule has 3 nitrogen and oxygen atoms in total. The first-order valence-electron chi connectivity index (χ1n) is 5.45. The van der Waals surface area contributed by atoms with E-state index in [2.05, 4.69) is 4.74 Å². The van der Waals surface area contributed by atoms with Gasteiger partial charge in [-0.1, -0.05) is 6.07 Å². The Morgan fingerprint density at radius 1 is 1.37 bits per heavy atom. The van der Waals surface area contributed by atoms with Crippen LogP contribution in [-0.4, -0.2) is 24.6 Å². The van der Waals surface area contributed by atoms with Gasteiger partial charge >= 0.3 is 6.36 Å². The summed E-state index contributed by atoms with van der Waals surface area (Å²) in [5, 5.41) is 0. The zero-order chi connectivity index (χ0) is 14.5. The number of halogens is 4. The molecule has 0 atom stereocenters. The van der Waals surface area contributed by atoms with Crippen LogP contribution in [0.25, 0.3) is 0 Å². The Bertz CT molecular complexity index is 446. The van der Waals surface area contributed by atoms with Crippen molar-refractivity contribution in [3.05, 3.63) is 23.8 Å². The van der Waals surface area contributed by atoms with Crippen LogP contribution in [0.4, 0.5) is 13.2 Å². The molecule has 0 saturated carbocycles. The lowest BCUT2D eigenvalue weighted by Crippen LogP contribution is -2.19. The number of alkyl halides is 4. The fraction of sp³-hybridized carbons (Fsp3) is 0.417. The summed E-state index contributed by atoms with van der Waals surface area (Å²) in [7, 11) is 0. The van der Waals surface area contributed by atoms with E-state index in [1.54, 1.807) is 6.92 Å². The fourth-order valence-corrected chi connectivity index (χ4v) is 1.51. The molecule has 1 aromatic rings. The Labute approximate surface area is 113 Å². The van der Waals surface area contributed by atoms with Crippen LogP contribution in [0.2, 0.25) is 0 Å². The van der Waals surface area contributed by atoms with E-state index >= 15 is 0 Å². The summed E-state index contributed by atoms with van der Waals surface area (Å²) in [6.07, 6.45) is -5.05. The Balaban J connectivity index is 3.03. The van der Waals surface area contributed by atoms with Gasteiger partial charge in [0.25, 0.3) is 0 Å². The van der Waals surface area contributed by atoms with Crippen molar-refractivity contribution in [2.24, 2.45) is 0 Å². The third-order valence-electron chi connectivity index (χ3n) is 2.11. The number of hydrogen-bond donors (Lipinski definition) is 0. The molecule has 0 N–H and O–H groups in total. The monoisotopic (exact) mass is 296 g/mol. The van der Waals surface area contributed by atoms with Gasteiger partial charge in [0, 0.05) is 18.1 Å². The summed E-state index contributed by atoms with van der Waals surface area (Å²) < 4.78 is 45.8. The molecule has 0 saturated heterocycles. The van der Waals surface area contributed by atoms with Gasteiger partial charge in [0.05, 0.1) is 12.5 Å². The largest absolute Gasteiger partial charge is 0.573 e. The molecular formula is C12H12ClF3O3. The number of Topliss-reactive ketones (excluding diaryl/α,β-unsaturated/α-hetero) is 1. The Hall–Kier alpha value is -1.43. The van der Waals surface area contributed by atoms with Crippen molar-refractivity contribution >= 4 is 17.4 Å². The number of ether oxygens (including phenoxy) is 2. The molecule has 0 aromatic heterocycles. The standard InChI is InChI=1S/C12H12ClF3O3/c1-2-18-10-4-3-8(5-9(17)7-13)11(6-10)19-12(14,15)16/h3-4,6H,2,5,7H2,1H3. The van der Waals surface area contributed by atoms with Gasteiger partial charge in [0.1, 0.15) is 11.5 Å². The smallest absolute Gasteiger partial charge is 0.494 e. The number of rotatable bonds is 6. The number of carbonyl (C=O) groups excluding carboxylic acids is 1. The van der Waals surface area contributed by atoms with Crippen molar-refractivity contribution in [3.8, 4) is 11.5 Å². The second kappa shape index (κ2) is 6.65. The molecule has 7 heteroatoms. The minimum absolute atomic E-state index is 0.117. The SMILES string of the molecule is CCOc1ccc(CC(=O)CCl)c(OC(F)(F)F)c1. The van der Waals surface area contributed by atoms with E-state index in [4.69, 9.17) is 16.3 Å². The van der Waals surface area contributed by atoms with Crippen LogP contribution in [0.3, 0.4) is 0 Å². The summed E-state index contributed by atoms with van der Waals surface area (Å²) in [5.41, 5.74) is 0.117. The quantitative estimate of drug-likeness (QED) is 0.755. The van der Waals surface area contributed by atoms with Gasteiger partial charge in [-0.05, 0) is 13.0 Å². The highest BCUT2D eigenvalue weighted by molar-refractivity contribution is 6.27. The van der Waals surface area contributed by atoms with Crippen molar-refractivity contribution in [3.63, 3.8) is 0 Å². The lowest BCUT2D eigenvalue weighted by Gasteiger charge is -2.14. The second-order valence-corrected chi connectivity index (χ2v) is 3.87. The minimum Gasteiger partial charge on any atom is -0.494 e. The second-order valence-electron chi connectivity index (χ2n) is 3.60. The van der Waals surface area contributed by atoms with Gasteiger partial charge in [-0.3, -0.25) is 4.79 Å². The van der Waals surface area contributed by atoms with E-state index in [1.807, 2.05) is 0 Å². The fourth-order valence-electron chi connectivity index (χ4n) is 1.42. The van der Waals surface area contributed by atoms with E-state index in [-0.39, 0.29) is 23.6 Å². The third-order valence-corrected chi connectivity index (χ3v) is 2.41. The van der Waals surface area contributed by atoms with Crippen molar-refractivity contribution in [2.45, 2.75) is 19.7 Å². The number of benzene rings is 1. The van der Waals surface area contributed by atoms with Crippen molar-refractivity contribution in [1.29, 1.82) is 0 Å². The first kappa shape index (κ1) is 15.6. The predicted octanol–water partition coefficient (Wildman–Crippen LogP) is 3.33. The average Bonchev–Trinajstić information content (AvgIpc) is 2.30. The zero-order valence-electron chi connectivity index (χ0n) is 10.1. The van der Waals surface area contributed by atoms with E-state index in [0.29, 0.717) is 6.61 Å². The van der Waals surface area contributed by atoms with Crippen LogP contribution in [0.1, 0.15) is 12.5 Å². The topological polar surface area (TPSA) is 35.5 Å². The van der Waals surface area contributed by atoms with Gasteiger partial charge in [0.2, 0.25) is 0 Å². The molecule has 19 heavy (non-hydrogen) atoms. The maximum atomic E-state index is 12.3. The molecule has 0 radical (unpaired) electrons. The van der Waals surface area contributed by atoms with Crippen LogP contribution >= 0.6 is 11.6 Å². The number of carbonyl (C=O) groups is 1. The Morgan fingerprint density at radius 2 is 2.05 bits per heavy atom. The first-order valence-corrected chi connectivity index (χ1v) is 5.98. The van der Waals surface area contributed by atoms with Gasteiger partial charge in [-0.25, -0.2) is 0 Å². The van der Waals surface area contributed by atoms with Gasteiger partial charge in [0.15, 0.2) is 5.78 Å². The van der Waals surface area contributed by atoms with Crippen LogP contribution in [0.5, 0.6) is 11.5 Å². The van der Waals surface area contributed by atoms with Gasteiger partial charge in [-0.2, -0.15) is 0 Å². The van der Waals surface area contributed by atoms with Crippen LogP contribution in [-0.2, 0) is 11.2 Å². The van der Waals surface area contributed by atoms with Crippen LogP contribution < -0.4 is 9.47 Å². The summed E-state index contributed by atoms with van der Waals surface area (Å²) in [6, 6.07) is 3.94. The molecular weight excluding hydrogens is 285 g/mol. The molecule has 0 spiro atoms. The summed E-state index contributed by atoms with van der Waals surface area (Å²) in [6.45, 7) is 2.01. The van der Waals surface area contributed by atoms with Crippen molar-refractivity contribution in [1.82, 2.24) is 0 Å². The zero-order valence-corrected chi connectivity index (χ0v) is 10.8. The lowest BCUT2D eigenvalue weighted by atomic mass is 10.1. The molecule has 106 valence electrons. The molecule has 0 aliphatic carbocycles. The lowest BCUT2D eigenvalue weighted by molar-refractivity contribution is -0.274. The van der Waals surface area contributed by atoms with Crippen LogP contribution in [0.15, 0.2) is 18.2 Å². The van der Waals surface area contributed by atoms with E-state index in [9.17, 15) is 18.0 Å². The van der Waals surface area contributed by atoms with Gasteiger partial charge < -0.3 is 9.47 Å². The predicted molar refractivity (Wildman–Crippen MR) is 63.7 cm³/mol. The highest BCUT2D eigenvalue weighted by atomic mass is 35.5. The molecule has 0 bridgehead atoms. The molecule has 0 amide bonds. The number of hydrogen-bond acceptors (Lipinski definition) is 3. The molecule has 1 rings (SSSR count). The average molecular weight is 297 g/mol. The molecule has 0 fully saturated rings. The Morgan fingerprint density at radius 3 is 2.58 bits per heavy atom. The van der Waals surface area contributed by atoms with E-state index < -0.39 is 17.9 Å². The maximum absolute atomic E-state index is 12.3. The molecule has 1 aromatic carbocycles. The van der Waals surface area contributed by atoms with Crippen molar-refractivity contribution in [2.75, 3.05) is 12.5 Å². The molecule has 0 heterocycles. The highest BCUT2D eigenvalue weighted by Gasteiger charge is 2.32. The van der Waals surface area contributed by atoms with E-state index in [1.165, 1.54) is 12.1 Å². The highest BCUT2D eigenvalue weighted by Crippen LogP contribution is 2.30. The summed E-state index contributed by atoms with van der Waals surface area (Å²) >= 11 is 5.33. The number of ketones is 1. The third kappa shape index (κ3) is 5.38. The van der Waals surface area contributed by atoms with Crippen molar-refractivity contribution < 1.29 is 27.4 Å². The van der Waals surface area contributed by atoms with E-state index in [0.717, 1.165) is 6.07 Å². The minimum atomic E-state index is -4.83. The normalized spacial score (nSPS) is 11.2. The van der Waals surface area contributed by atoms with Gasteiger partial charge in [-0.15, -0.1) is 24.8 Å². The molecule has 0 unspecified atom stereocenters. The maximum Gasteiger partial charge on any atom is 0.573 e. The first-order chi connectivity index (χ1) is 8.85. The summed E-state index contributed by atoms with van der Waals surface area (Å²) in [4.78, 5) is 11.2.